The summed E-state index contributed by atoms with van der Waals surface area (Å²) in [6.45, 7) is 9.19. The van der Waals surface area contributed by atoms with Crippen molar-refractivity contribution in [1.29, 1.82) is 0 Å². The number of ether oxygens (including phenoxy) is 2. The van der Waals surface area contributed by atoms with Gasteiger partial charge in [0.05, 0.1) is 7.11 Å². The number of rotatable bonds is 7. The number of benzene rings is 1. The molecule has 0 unspecified atom stereocenters. The second kappa shape index (κ2) is 13.5. The minimum atomic E-state index is -1.05. The zero-order valence-electron chi connectivity index (χ0n) is 29.4. The predicted octanol–water partition coefficient (Wildman–Crippen LogP) is 6.15. The minimum Gasteiger partial charge on any atom is -0.467 e. The number of ketones is 1. The fraction of sp³-hybridized carbons (Fsp3) is 0.590. The zero-order valence-corrected chi connectivity index (χ0v) is 29.4. The maximum atomic E-state index is 13.3. The highest BCUT2D eigenvalue weighted by Crippen LogP contribution is 2.66. The predicted molar refractivity (Wildman–Crippen MR) is 183 cm³/mol. The van der Waals surface area contributed by atoms with Gasteiger partial charge in [-0.15, -0.1) is 5.92 Å². The van der Waals surface area contributed by atoms with Crippen molar-refractivity contribution in [2.24, 2.45) is 17.3 Å². The number of carbonyl (C=O) groups is 4. The fourth-order valence-electron chi connectivity index (χ4n) is 8.73. The normalized spacial score (nSPS) is 28.5. The Morgan fingerprint density at radius 2 is 1.83 bits per heavy atom. The first-order chi connectivity index (χ1) is 22.6. The summed E-state index contributed by atoms with van der Waals surface area (Å²) in [4.78, 5) is 51.9. The molecule has 258 valence electrons. The number of anilines is 1. The van der Waals surface area contributed by atoms with E-state index in [4.69, 9.17) is 9.47 Å². The van der Waals surface area contributed by atoms with E-state index in [1.54, 1.807) is 39.6 Å². The molecule has 2 saturated carbocycles. The van der Waals surface area contributed by atoms with Gasteiger partial charge in [0.2, 0.25) is 5.91 Å². The third kappa shape index (κ3) is 6.82. The van der Waals surface area contributed by atoms with Crippen LogP contribution in [0.3, 0.4) is 0 Å². The molecular weight excluding hydrogens is 608 g/mol. The Bertz CT molecular complexity index is 1590. The Morgan fingerprint density at radius 3 is 2.48 bits per heavy atom. The summed E-state index contributed by atoms with van der Waals surface area (Å²) in [5.74, 6) is 6.25. The molecule has 5 rings (SSSR count). The highest BCUT2D eigenvalue weighted by Gasteiger charge is 2.62. The van der Waals surface area contributed by atoms with Gasteiger partial charge in [-0.1, -0.05) is 30.6 Å². The molecule has 0 heterocycles. The number of methoxy groups -OCH3 is 1. The molecule has 0 bridgehead atoms. The van der Waals surface area contributed by atoms with Crippen molar-refractivity contribution < 1.29 is 33.8 Å². The molecule has 0 radical (unpaired) electrons. The van der Waals surface area contributed by atoms with Crippen LogP contribution in [0.15, 0.2) is 47.1 Å². The molecule has 6 atom stereocenters. The minimum absolute atomic E-state index is 0.00100. The molecule has 9 heteroatoms. The fourth-order valence-corrected chi connectivity index (χ4v) is 8.73. The first kappa shape index (κ1) is 35.4. The third-order valence-corrected chi connectivity index (χ3v) is 11.1. The summed E-state index contributed by atoms with van der Waals surface area (Å²) in [7, 11) is 2.92. The number of nitrogens with zero attached hydrogens (tertiary/aromatic N) is 1. The van der Waals surface area contributed by atoms with E-state index in [0.717, 1.165) is 37.7 Å². The Balaban J connectivity index is 1.38. The van der Waals surface area contributed by atoms with Crippen molar-refractivity contribution in [3.63, 3.8) is 0 Å². The number of carbonyl (C=O) groups excluding carboxylic acids is 4. The Kier molecular flexibility index (Phi) is 9.99. The Labute approximate surface area is 284 Å². The topological polar surface area (TPSA) is 122 Å². The molecule has 0 saturated heterocycles. The number of amides is 2. The van der Waals surface area contributed by atoms with E-state index in [9.17, 15) is 24.3 Å². The average Bonchev–Trinajstić information content (AvgIpc) is 3.30. The second-order valence-corrected chi connectivity index (χ2v) is 15.1. The monoisotopic (exact) mass is 658 g/mol. The number of alkyl carbamates (subject to hydrolysis) is 1. The first-order valence-electron chi connectivity index (χ1n) is 17.2. The van der Waals surface area contributed by atoms with Gasteiger partial charge in [0, 0.05) is 36.9 Å². The van der Waals surface area contributed by atoms with Crippen molar-refractivity contribution in [2.45, 2.75) is 116 Å². The highest BCUT2D eigenvalue weighted by molar-refractivity contribution is 5.94. The van der Waals surface area contributed by atoms with Gasteiger partial charge < -0.3 is 24.8 Å². The van der Waals surface area contributed by atoms with Gasteiger partial charge in [0.25, 0.3) is 0 Å². The molecule has 1 aromatic carbocycles. The maximum Gasteiger partial charge on any atom is 0.408 e. The molecule has 48 heavy (non-hydrogen) atoms. The zero-order chi connectivity index (χ0) is 35.0. The van der Waals surface area contributed by atoms with Gasteiger partial charge in [0.1, 0.15) is 17.2 Å². The van der Waals surface area contributed by atoms with E-state index >= 15 is 0 Å². The van der Waals surface area contributed by atoms with Crippen molar-refractivity contribution in [3.8, 4) is 11.8 Å². The SMILES string of the molecule is CC#C[C@]1(O)CC[C@H]2[C@@H]3CCC4=CC(=O)CCC4=C3[C@@H](c3ccc(N(C)C(=O)CC[C@H](NC(=O)OC(C)(C)C)C(=O)OC)cc3)C[C@@]21C. The van der Waals surface area contributed by atoms with Gasteiger partial charge in [-0.3, -0.25) is 9.59 Å². The van der Waals surface area contributed by atoms with Gasteiger partial charge in [-0.2, -0.15) is 0 Å². The molecular formula is C39H50N2O7. The van der Waals surface area contributed by atoms with Gasteiger partial charge in [-0.05, 0) is 119 Å². The van der Waals surface area contributed by atoms with E-state index < -0.39 is 29.3 Å². The summed E-state index contributed by atoms with van der Waals surface area (Å²) < 4.78 is 10.1. The number of fused-ring (bicyclic) bond motifs is 4. The summed E-state index contributed by atoms with van der Waals surface area (Å²) in [5, 5.41) is 14.5. The molecule has 9 nitrogen and oxygen atoms in total. The van der Waals surface area contributed by atoms with Crippen LogP contribution < -0.4 is 10.2 Å². The summed E-state index contributed by atoms with van der Waals surface area (Å²) in [6, 6.07) is 7.00. The lowest BCUT2D eigenvalue weighted by Crippen LogP contribution is -2.51. The van der Waals surface area contributed by atoms with Crippen LogP contribution in [0.4, 0.5) is 10.5 Å². The lowest BCUT2D eigenvalue weighted by Gasteiger charge is -2.53. The maximum absolute atomic E-state index is 13.3. The second-order valence-electron chi connectivity index (χ2n) is 15.1. The lowest BCUT2D eigenvalue weighted by molar-refractivity contribution is -0.143. The largest absolute Gasteiger partial charge is 0.467 e. The van der Waals surface area contributed by atoms with Crippen molar-refractivity contribution in [2.75, 3.05) is 19.1 Å². The molecule has 4 aliphatic rings. The number of hydrogen-bond donors (Lipinski definition) is 2. The van der Waals surface area contributed by atoms with Crippen molar-refractivity contribution in [1.82, 2.24) is 5.32 Å². The number of allylic oxidation sites excluding steroid dienone is 4. The van der Waals surface area contributed by atoms with Gasteiger partial charge in [-0.25, -0.2) is 9.59 Å². The standard InChI is InChI=1S/C39H50N2O7/c1-8-20-39(46)21-19-31-29-15-11-25-22-27(42)14-16-28(25)34(29)30(23-38(31,39)5)24-9-12-26(13-10-24)41(6)33(43)18-17-32(35(44)47-7)40-36(45)48-37(2,3)4/h9-10,12-13,22,29-32,46H,11,14-19,21,23H2,1-7H3,(H,40,45)/t29-,30+,31-,32-,38-,39-/m0/s1. The van der Waals surface area contributed by atoms with Crippen LogP contribution in [0.2, 0.25) is 0 Å². The molecule has 2 fully saturated rings. The number of aliphatic hydroxyl groups is 1. The average molecular weight is 659 g/mol. The van der Waals surface area contributed by atoms with E-state index in [-0.39, 0.29) is 35.9 Å². The third-order valence-electron chi connectivity index (χ3n) is 11.1. The number of esters is 1. The first-order valence-corrected chi connectivity index (χ1v) is 17.2. The lowest BCUT2D eigenvalue weighted by atomic mass is 9.51. The molecule has 2 amide bonds. The van der Waals surface area contributed by atoms with Crippen LogP contribution >= 0.6 is 0 Å². The van der Waals surface area contributed by atoms with Crippen molar-refractivity contribution >= 4 is 29.4 Å². The van der Waals surface area contributed by atoms with Crippen LogP contribution in [-0.4, -0.2) is 60.3 Å². The molecule has 0 aliphatic heterocycles. The molecule has 0 spiro atoms. The summed E-state index contributed by atoms with van der Waals surface area (Å²) in [5.41, 5.74) is 3.61. The molecule has 2 N–H and O–H groups in total. The summed E-state index contributed by atoms with van der Waals surface area (Å²) >= 11 is 0. The van der Waals surface area contributed by atoms with Crippen LogP contribution in [0.5, 0.6) is 0 Å². The molecule has 1 aromatic rings. The van der Waals surface area contributed by atoms with Crippen LogP contribution in [0, 0.1) is 29.1 Å². The van der Waals surface area contributed by atoms with E-state index in [1.807, 2.05) is 18.2 Å². The van der Waals surface area contributed by atoms with E-state index in [1.165, 1.54) is 23.8 Å². The number of hydrogen-bond acceptors (Lipinski definition) is 7. The van der Waals surface area contributed by atoms with E-state index in [0.29, 0.717) is 30.4 Å². The molecule has 4 aliphatic carbocycles. The van der Waals surface area contributed by atoms with Crippen LogP contribution in [-0.2, 0) is 23.9 Å². The quantitative estimate of drug-likeness (QED) is 0.266. The van der Waals surface area contributed by atoms with Gasteiger partial charge in [0.15, 0.2) is 5.78 Å². The summed E-state index contributed by atoms with van der Waals surface area (Å²) in [6.07, 6.45) is 6.66. The van der Waals surface area contributed by atoms with E-state index in [2.05, 4.69) is 36.2 Å². The van der Waals surface area contributed by atoms with Crippen LogP contribution in [0.1, 0.15) is 104 Å². The Morgan fingerprint density at radius 1 is 1.12 bits per heavy atom. The Hall–Kier alpha value is -3.90. The van der Waals surface area contributed by atoms with Crippen molar-refractivity contribution in [3.05, 3.63) is 52.6 Å². The van der Waals surface area contributed by atoms with Crippen LogP contribution in [0.25, 0.3) is 0 Å². The molecule has 0 aromatic heterocycles. The smallest absolute Gasteiger partial charge is 0.408 e. The highest BCUT2D eigenvalue weighted by atomic mass is 16.6. The van der Waals surface area contributed by atoms with Gasteiger partial charge >= 0.3 is 12.1 Å². The number of nitrogens with one attached hydrogen (secondary N) is 1.